The largest absolute Gasteiger partial charge is 0.462 e. The second kappa shape index (κ2) is 13.5. The molecule has 1 saturated heterocycles. The average Bonchev–Trinajstić information content (AvgIpc) is 3.47. The molecule has 226 valence electrons. The smallest absolute Gasteiger partial charge is 0.338 e. The molecule has 0 saturated carbocycles. The summed E-state index contributed by atoms with van der Waals surface area (Å²) in [5.74, 6) is -0.779. The molecule has 1 aliphatic heterocycles. The fourth-order valence-electron chi connectivity index (χ4n) is 5.73. The minimum absolute atomic E-state index is 0.0683. The number of pyridine rings is 1. The second-order valence-electron chi connectivity index (χ2n) is 10.8. The van der Waals surface area contributed by atoms with E-state index in [0.717, 1.165) is 40.1 Å². The Bertz CT molecular complexity index is 1590. The van der Waals surface area contributed by atoms with Gasteiger partial charge in [-0.15, -0.1) is 0 Å². The molecule has 9 nitrogen and oxygen atoms in total. The highest BCUT2D eigenvalue weighted by atomic mass is 16.5. The summed E-state index contributed by atoms with van der Waals surface area (Å²) >= 11 is 0. The number of aryl methyl sites for hydroxylation is 2. The lowest BCUT2D eigenvalue weighted by atomic mass is 9.95. The minimum atomic E-state index is -0.392. The highest BCUT2D eigenvalue weighted by Crippen LogP contribution is 2.34. The monoisotopic (exact) mass is 584 g/mol. The number of aromatic nitrogens is 1. The third kappa shape index (κ3) is 6.88. The fourth-order valence-corrected chi connectivity index (χ4v) is 5.73. The van der Waals surface area contributed by atoms with Gasteiger partial charge in [0, 0.05) is 54.7 Å². The molecule has 1 aromatic heterocycles. The van der Waals surface area contributed by atoms with Gasteiger partial charge >= 0.3 is 5.97 Å². The number of ether oxygens (including phenoxy) is 1. The Balaban J connectivity index is 1.73. The molecule has 1 atom stereocenters. The van der Waals surface area contributed by atoms with Crippen molar-refractivity contribution in [3.8, 4) is 11.1 Å². The molecule has 0 spiro atoms. The van der Waals surface area contributed by atoms with Crippen LogP contribution in [-0.2, 0) is 16.1 Å². The summed E-state index contributed by atoms with van der Waals surface area (Å²) in [5, 5.41) is 2.95. The number of esters is 1. The van der Waals surface area contributed by atoms with E-state index < -0.39 is 5.97 Å². The molecule has 2 amide bonds. The van der Waals surface area contributed by atoms with Crippen LogP contribution in [0, 0.1) is 20.8 Å². The fraction of sp³-hybridized carbons (Fsp3) is 0.353. The lowest BCUT2D eigenvalue weighted by molar-refractivity contribution is -0.125. The summed E-state index contributed by atoms with van der Waals surface area (Å²) in [5.41, 5.74) is 6.13. The van der Waals surface area contributed by atoms with Crippen molar-refractivity contribution in [1.29, 1.82) is 0 Å². The number of hydrogen-bond acceptors (Lipinski definition) is 6. The number of carbonyl (C=O) groups is 3. The van der Waals surface area contributed by atoms with Crippen molar-refractivity contribution in [2.45, 2.75) is 53.6 Å². The van der Waals surface area contributed by atoms with Gasteiger partial charge in [0.15, 0.2) is 0 Å². The molecule has 4 rings (SSSR count). The number of nitrogens with one attached hydrogen (secondary N) is 2. The maximum absolute atomic E-state index is 13.7. The zero-order valence-corrected chi connectivity index (χ0v) is 25.6. The quantitative estimate of drug-likeness (QED) is 0.264. The number of amides is 2. The van der Waals surface area contributed by atoms with E-state index >= 15 is 0 Å². The molecule has 2 heterocycles. The van der Waals surface area contributed by atoms with Gasteiger partial charge in [-0.2, -0.15) is 0 Å². The Hall–Kier alpha value is -4.66. The Labute approximate surface area is 252 Å². The first kappa shape index (κ1) is 31.3. The zero-order valence-electron chi connectivity index (χ0n) is 25.6. The summed E-state index contributed by atoms with van der Waals surface area (Å²) in [4.78, 5) is 57.7. The van der Waals surface area contributed by atoms with E-state index in [1.807, 2.05) is 45.0 Å². The number of likely N-dealkylation sites (N-methyl/N-ethyl adjacent to an activating group) is 1. The van der Waals surface area contributed by atoms with Gasteiger partial charge in [-0.25, -0.2) is 4.79 Å². The molecule has 1 unspecified atom stereocenters. The molecule has 2 aromatic carbocycles. The SMILES string of the molecule is C=CC(=O)N1CCC(N(CC)c2cc(-c3ccc(C(=O)OCC)cc3)cc(C(=O)NCc3c(C)cc(C)[nH]c3=O)c2C)C1. The number of nitrogens with zero attached hydrogens (tertiary/aromatic N) is 2. The first-order valence-electron chi connectivity index (χ1n) is 14.7. The summed E-state index contributed by atoms with van der Waals surface area (Å²) in [6, 6.07) is 13.0. The van der Waals surface area contributed by atoms with Gasteiger partial charge in [-0.1, -0.05) is 18.7 Å². The van der Waals surface area contributed by atoms with Crippen LogP contribution in [0.15, 0.2) is 59.9 Å². The Morgan fingerprint density at radius 3 is 2.44 bits per heavy atom. The molecule has 1 aliphatic rings. The molecule has 0 radical (unpaired) electrons. The van der Waals surface area contributed by atoms with E-state index in [2.05, 4.69) is 34.8 Å². The highest BCUT2D eigenvalue weighted by Gasteiger charge is 2.31. The zero-order chi connectivity index (χ0) is 31.3. The average molecular weight is 585 g/mol. The third-order valence-corrected chi connectivity index (χ3v) is 8.01. The van der Waals surface area contributed by atoms with E-state index in [1.54, 1.807) is 24.0 Å². The van der Waals surface area contributed by atoms with E-state index in [1.165, 1.54) is 6.08 Å². The lowest BCUT2D eigenvalue weighted by Crippen LogP contribution is -2.39. The molecule has 9 heteroatoms. The van der Waals surface area contributed by atoms with Crippen LogP contribution in [0.1, 0.15) is 63.4 Å². The first-order chi connectivity index (χ1) is 20.6. The molecular weight excluding hydrogens is 544 g/mol. The van der Waals surface area contributed by atoms with Crippen molar-refractivity contribution in [1.82, 2.24) is 15.2 Å². The molecule has 43 heavy (non-hydrogen) atoms. The van der Waals surface area contributed by atoms with Crippen LogP contribution in [0.5, 0.6) is 0 Å². The van der Waals surface area contributed by atoms with Gasteiger partial charge in [0.05, 0.1) is 12.2 Å². The first-order valence-corrected chi connectivity index (χ1v) is 14.7. The number of benzene rings is 2. The maximum atomic E-state index is 13.7. The molecule has 1 fully saturated rings. The number of anilines is 1. The number of aromatic amines is 1. The number of carbonyl (C=O) groups excluding carboxylic acids is 3. The molecule has 0 bridgehead atoms. The Morgan fingerprint density at radius 1 is 1.09 bits per heavy atom. The van der Waals surface area contributed by atoms with Crippen LogP contribution in [0.4, 0.5) is 5.69 Å². The van der Waals surface area contributed by atoms with Crippen molar-refractivity contribution in [3.05, 3.63) is 99.0 Å². The van der Waals surface area contributed by atoms with Gasteiger partial charge in [-0.3, -0.25) is 14.4 Å². The maximum Gasteiger partial charge on any atom is 0.338 e. The van der Waals surface area contributed by atoms with Crippen LogP contribution in [0.25, 0.3) is 11.1 Å². The molecule has 3 aromatic rings. The van der Waals surface area contributed by atoms with Crippen LogP contribution in [0.2, 0.25) is 0 Å². The summed E-state index contributed by atoms with van der Waals surface area (Å²) in [6.07, 6.45) is 2.14. The van der Waals surface area contributed by atoms with Gasteiger partial charge in [0.2, 0.25) is 5.91 Å². The normalized spacial score (nSPS) is 14.3. The molecular formula is C34H40N4O5. The predicted molar refractivity (Wildman–Crippen MR) is 168 cm³/mol. The van der Waals surface area contributed by atoms with Crippen LogP contribution >= 0.6 is 0 Å². The predicted octanol–water partition coefficient (Wildman–Crippen LogP) is 4.69. The minimum Gasteiger partial charge on any atom is -0.462 e. The molecule has 0 aliphatic carbocycles. The van der Waals surface area contributed by atoms with Gasteiger partial charge in [-0.05, 0) is 99.7 Å². The van der Waals surface area contributed by atoms with Gasteiger partial charge < -0.3 is 24.8 Å². The summed E-state index contributed by atoms with van der Waals surface area (Å²) in [7, 11) is 0. The lowest BCUT2D eigenvalue weighted by Gasteiger charge is -2.32. The van der Waals surface area contributed by atoms with Crippen molar-refractivity contribution < 1.29 is 19.1 Å². The van der Waals surface area contributed by atoms with Gasteiger partial charge in [0.1, 0.15) is 0 Å². The Kier molecular flexibility index (Phi) is 9.85. The van der Waals surface area contributed by atoms with Crippen molar-refractivity contribution in [2.75, 3.05) is 31.1 Å². The van der Waals surface area contributed by atoms with E-state index in [9.17, 15) is 19.2 Å². The summed E-state index contributed by atoms with van der Waals surface area (Å²) < 4.78 is 5.12. The number of hydrogen-bond donors (Lipinski definition) is 2. The topological polar surface area (TPSA) is 112 Å². The number of rotatable bonds is 10. The van der Waals surface area contributed by atoms with Crippen molar-refractivity contribution >= 4 is 23.5 Å². The number of H-pyrrole nitrogens is 1. The van der Waals surface area contributed by atoms with Gasteiger partial charge in [0.25, 0.3) is 11.5 Å². The van der Waals surface area contributed by atoms with E-state index in [4.69, 9.17) is 4.74 Å². The number of likely N-dealkylation sites (tertiary alicyclic amines) is 1. The van der Waals surface area contributed by atoms with E-state index in [0.29, 0.717) is 36.3 Å². The standard InChI is InChI=1S/C34H40N4O5/c1-7-31(39)37-15-14-27(20-37)38(8-2)30-18-26(24-10-12-25(13-11-24)34(42)43-9-3)17-28(23(30)6)32(40)35-19-29-21(4)16-22(5)36-33(29)41/h7,10-13,16-18,27H,1,8-9,14-15,19-20H2,2-6H3,(H,35,40)(H,36,41). The second-order valence-corrected chi connectivity index (χ2v) is 10.8. The third-order valence-electron chi connectivity index (χ3n) is 8.01. The summed E-state index contributed by atoms with van der Waals surface area (Å²) in [6.45, 7) is 15.3. The van der Waals surface area contributed by atoms with E-state index in [-0.39, 0.29) is 36.6 Å². The molecule has 2 N–H and O–H groups in total. The van der Waals surface area contributed by atoms with Crippen LogP contribution in [0.3, 0.4) is 0 Å². The van der Waals surface area contributed by atoms with Crippen molar-refractivity contribution in [2.24, 2.45) is 0 Å². The van der Waals surface area contributed by atoms with Crippen LogP contribution in [-0.4, -0.2) is 60.0 Å². The highest BCUT2D eigenvalue weighted by molar-refractivity contribution is 5.99. The van der Waals surface area contributed by atoms with Crippen molar-refractivity contribution in [3.63, 3.8) is 0 Å². The Morgan fingerprint density at radius 2 is 1.81 bits per heavy atom. The van der Waals surface area contributed by atoms with Crippen LogP contribution < -0.4 is 15.8 Å².